The molecule has 6 nitrogen and oxygen atoms in total. The zero-order chi connectivity index (χ0) is 19.8. The maximum absolute atomic E-state index is 12.9. The molecule has 0 saturated carbocycles. The number of amides is 2. The van der Waals surface area contributed by atoms with E-state index >= 15 is 0 Å². The number of nitrogens with zero attached hydrogens (tertiary/aromatic N) is 2. The first-order valence-electron chi connectivity index (χ1n) is 9.63. The average Bonchev–Trinajstić information content (AvgIpc) is 2.62. The second-order valence-electron chi connectivity index (χ2n) is 7.38. The minimum Gasteiger partial charge on any atom is -0.354 e. The summed E-state index contributed by atoms with van der Waals surface area (Å²) in [5, 5.41) is 5.86. The lowest BCUT2D eigenvalue weighted by Crippen LogP contribution is -2.55. The number of hydrogen-bond donors (Lipinski definition) is 2. The van der Waals surface area contributed by atoms with Crippen LogP contribution in [0.1, 0.15) is 26.3 Å². The summed E-state index contributed by atoms with van der Waals surface area (Å²) < 4.78 is 12.9. The Morgan fingerprint density at radius 1 is 1.07 bits per heavy atom. The van der Waals surface area contributed by atoms with E-state index < -0.39 is 0 Å². The zero-order valence-electron chi connectivity index (χ0n) is 16.5. The highest BCUT2D eigenvalue weighted by Gasteiger charge is 2.26. The van der Waals surface area contributed by atoms with E-state index in [2.05, 4.69) is 20.4 Å². The lowest BCUT2D eigenvalue weighted by atomic mass is 10.1. The van der Waals surface area contributed by atoms with E-state index in [9.17, 15) is 14.0 Å². The average molecular weight is 378 g/mol. The first-order chi connectivity index (χ1) is 12.8. The Hall–Kier alpha value is -1.99. The van der Waals surface area contributed by atoms with E-state index in [-0.39, 0.29) is 29.7 Å². The van der Waals surface area contributed by atoms with Crippen LogP contribution in [0.2, 0.25) is 0 Å². The van der Waals surface area contributed by atoms with Gasteiger partial charge in [-0.2, -0.15) is 0 Å². The molecule has 1 fully saturated rings. The Morgan fingerprint density at radius 3 is 2.30 bits per heavy atom. The van der Waals surface area contributed by atoms with Crippen LogP contribution in [0.5, 0.6) is 0 Å². The molecule has 1 unspecified atom stereocenters. The summed E-state index contributed by atoms with van der Waals surface area (Å²) in [4.78, 5) is 28.5. The van der Waals surface area contributed by atoms with Gasteiger partial charge in [-0.3, -0.25) is 19.4 Å². The molecule has 1 aromatic carbocycles. The molecule has 0 aromatic heterocycles. The first kappa shape index (κ1) is 21.3. The van der Waals surface area contributed by atoms with Gasteiger partial charge in [-0.1, -0.05) is 12.1 Å². The third-order valence-corrected chi connectivity index (χ3v) is 4.78. The molecular weight excluding hydrogens is 347 g/mol. The summed E-state index contributed by atoms with van der Waals surface area (Å²) in [5.74, 6) is -0.203. The Bertz CT molecular complexity index is 613. The van der Waals surface area contributed by atoms with Crippen LogP contribution >= 0.6 is 0 Å². The highest BCUT2D eigenvalue weighted by atomic mass is 19.1. The molecule has 1 aromatic rings. The van der Waals surface area contributed by atoms with Crippen molar-refractivity contribution in [3.63, 3.8) is 0 Å². The number of carbonyl (C=O) groups is 2. The molecule has 1 aliphatic heterocycles. The molecule has 7 heteroatoms. The molecule has 2 amide bonds. The second kappa shape index (κ2) is 10.4. The minimum absolute atomic E-state index is 0.00288. The SMILES string of the molecule is CC(C)NC(=O)CN1CCN(C(C)C(=O)NCCc2ccc(F)cc2)CC1. The predicted octanol–water partition coefficient (Wildman–Crippen LogP) is 1.02. The molecule has 0 radical (unpaired) electrons. The third-order valence-electron chi connectivity index (χ3n) is 4.78. The fourth-order valence-electron chi connectivity index (χ4n) is 3.17. The zero-order valence-corrected chi connectivity index (χ0v) is 16.5. The first-order valence-corrected chi connectivity index (χ1v) is 9.63. The van der Waals surface area contributed by atoms with Gasteiger partial charge in [0, 0.05) is 38.8 Å². The number of carbonyl (C=O) groups excluding carboxylic acids is 2. The van der Waals surface area contributed by atoms with Crippen LogP contribution in [-0.4, -0.2) is 73.0 Å². The Morgan fingerprint density at radius 2 is 1.70 bits per heavy atom. The summed E-state index contributed by atoms with van der Waals surface area (Å²) >= 11 is 0. The van der Waals surface area contributed by atoms with Crippen molar-refractivity contribution in [2.75, 3.05) is 39.3 Å². The van der Waals surface area contributed by atoms with Crippen LogP contribution < -0.4 is 10.6 Å². The van der Waals surface area contributed by atoms with Crippen LogP contribution in [-0.2, 0) is 16.0 Å². The molecule has 150 valence electrons. The lowest BCUT2D eigenvalue weighted by Gasteiger charge is -2.37. The third kappa shape index (κ3) is 7.27. The van der Waals surface area contributed by atoms with E-state index in [1.54, 1.807) is 12.1 Å². The Balaban J connectivity index is 1.68. The van der Waals surface area contributed by atoms with Crippen molar-refractivity contribution in [1.82, 2.24) is 20.4 Å². The van der Waals surface area contributed by atoms with Gasteiger partial charge >= 0.3 is 0 Å². The molecule has 0 spiro atoms. The van der Waals surface area contributed by atoms with E-state index in [1.807, 2.05) is 20.8 Å². The number of benzene rings is 1. The van der Waals surface area contributed by atoms with Gasteiger partial charge in [-0.05, 0) is 44.9 Å². The molecule has 0 bridgehead atoms. The van der Waals surface area contributed by atoms with Crippen molar-refractivity contribution in [2.24, 2.45) is 0 Å². The Labute approximate surface area is 161 Å². The molecule has 2 rings (SSSR count). The van der Waals surface area contributed by atoms with Gasteiger partial charge in [0.15, 0.2) is 0 Å². The molecule has 1 heterocycles. The monoisotopic (exact) mass is 378 g/mol. The van der Waals surface area contributed by atoms with Gasteiger partial charge < -0.3 is 10.6 Å². The van der Waals surface area contributed by atoms with Gasteiger partial charge in [0.25, 0.3) is 0 Å². The van der Waals surface area contributed by atoms with Crippen LogP contribution in [0.15, 0.2) is 24.3 Å². The fraction of sp³-hybridized carbons (Fsp3) is 0.600. The van der Waals surface area contributed by atoms with Crippen molar-refractivity contribution in [1.29, 1.82) is 0 Å². The topological polar surface area (TPSA) is 64.7 Å². The smallest absolute Gasteiger partial charge is 0.237 e. The van der Waals surface area contributed by atoms with Crippen LogP contribution in [0.25, 0.3) is 0 Å². The Kier molecular flexibility index (Phi) is 8.19. The van der Waals surface area contributed by atoms with Crippen molar-refractivity contribution in [3.8, 4) is 0 Å². The highest BCUT2D eigenvalue weighted by molar-refractivity contribution is 5.81. The molecule has 1 saturated heterocycles. The number of nitrogens with one attached hydrogen (secondary N) is 2. The van der Waals surface area contributed by atoms with E-state index in [4.69, 9.17) is 0 Å². The quantitative estimate of drug-likeness (QED) is 0.709. The summed E-state index contributed by atoms with van der Waals surface area (Å²) in [6.07, 6.45) is 0.678. The van der Waals surface area contributed by atoms with Crippen LogP contribution in [0, 0.1) is 5.82 Å². The number of rotatable bonds is 8. The highest BCUT2D eigenvalue weighted by Crippen LogP contribution is 2.07. The summed E-state index contributed by atoms with van der Waals surface area (Å²) in [6.45, 7) is 9.83. The molecule has 1 aliphatic rings. The summed E-state index contributed by atoms with van der Waals surface area (Å²) in [7, 11) is 0. The van der Waals surface area contributed by atoms with E-state index in [0.29, 0.717) is 19.5 Å². The van der Waals surface area contributed by atoms with Crippen LogP contribution in [0.4, 0.5) is 4.39 Å². The predicted molar refractivity (Wildman–Crippen MR) is 104 cm³/mol. The molecular formula is C20H31FN4O2. The van der Waals surface area contributed by atoms with Gasteiger partial charge in [0.05, 0.1) is 12.6 Å². The van der Waals surface area contributed by atoms with Gasteiger partial charge in [0.2, 0.25) is 11.8 Å². The number of hydrogen-bond acceptors (Lipinski definition) is 4. The second-order valence-corrected chi connectivity index (χ2v) is 7.38. The van der Waals surface area contributed by atoms with Crippen molar-refractivity contribution in [2.45, 2.75) is 39.3 Å². The largest absolute Gasteiger partial charge is 0.354 e. The maximum Gasteiger partial charge on any atom is 0.237 e. The summed E-state index contributed by atoms with van der Waals surface area (Å²) in [6, 6.07) is 6.28. The molecule has 0 aliphatic carbocycles. The summed E-state index contributed by atoms with van der Waals surface area (Å²) in [5.41, 5.74) is 0.998. The molecule has 2 N–H and O–H groups in total. The number of piperazine rings is 1. The van der Waals surface area contributed by atoms with Crippen LogP contribution in [0.3, 0.4) is 0 Å². The standard InChI is InChI=1S/C20H31FN4O2/c1-15(2)23-19(26)14-24-10-12-25(13-11-24)16(3)20(27)22-9-8-17-4-6-18(21)7-5-17/h4-7,15-16H,8-14H2,1-3H3,(H,22,27)(H,23,26). The molecule has 27 heavy (non-hydrogen) atoms. The fourth-order valence-corrected chi connectivity index (χ4v) is 3.17. The van der Waals surface area contributed by atoms with Gasteiger partial charge in [-0.15, -0.1) is 0 Å². The van der Waals surface area contributed by atoms with Crippen molar-refractivity contribution in [3.05, 3.63) is 35.6 Å². The van der Waals surface area contributed by atoms with E-state index in [0.717, 1.165) is 31.7 Å². The van der Waals surface area contributed by atoms with Crippen molar-refractivity contribution < 1.29 is 14.0 Å². The van der Waals surface area contributed by atoms with E-state index in [1.165, 1.54) is 12.1 Å². The van der Waals surface area contributed by atoms with Gasteiger partial charge in [0.1, 0.15) is 5.82 Å². The lowest BCUT2D eigenvalue weighted by molar-refractivity contribution is -0.128. The molecule has 1 atom stereocenters. The van der Waals surface area contributed by atoms with Crippen molar-refractivity contribution >= 4 is 11.8 Å². The normalized spacial score (nSPS) is 16.9. The van der Waals surface area contributed by atoms with Gasteiger partial charge in [-0.25, -0.2) is 4.39 Å². The maximum atomic E-state index is 12.9. The minimum atomic E-state index is -0.253. The number of halogens is 1.